The number of aromatic nitrogens is 1. The first kappa shape index (κ1) is 20.4. The molecule has 148 valence electrons. The van der Waals surface area contributed by atoms with Gasteiger partial charge in [0, 0.05) is 31.4 Å². The third kappa shape index (κ3) is 4.73. The fraction of sp³-hybridized carbons (Fsp3) is 0.409. The number of carbonyl (C=O) groups is 2. The zero-order valence-electron chi connectivity index (χ0n) is 16.7. The van der Waals surface area contributed by atoms with Crippen molar-refractivity contribution in [1.29, 1.82) is 0 Å². The van der Waals surface area contributed by atoms with E-state index in [0.29, 0.717) is 31.1 Å². The van der Waals surface area contributed by atoms with Crippen molar-refractivity contribution in [1.82, 2.24) is 15.2 Å². The molecule has 6 heteroatoms. The number of hydrogen-bond donors (Lipinski definition) is 1. The largest absolute Gasteiger partial charge is 0.352 e. The summed E-state index contributed by atoms with van der Waals surface area (Å²) in [5.74, 6) is 0.430. The highest BCUT2D eigenvalue weighted by Crippen LogP contribution is 2.23. The molecule has 3 rings (SSSR count). The normalized spacial score (nSPS) is 14.8. The highest BCUT2D eigenvalue weighted by molar-refractivity contribution is 7.98. The maximum atomic E-state index is 12.8. The van der Waals surface area contributed by atoms with Crippen molar-refractivity contribution in [2.75, 3.05) is 25.9 Å². The lowest BCUT2D eigenvalue weighted by molar-refractivity contribution is 0.0680. The van der Waals surface area contributed by atoms with Crippen molar-refractivity contribution >= 4 is 23.6 Å². The van der Waals surface area contributed by atoms with Crippen molar-refractivity contribution in [2.45, 2.75) is 31.7 Å². The van der Waals surface area contributed by atoms with Crippen LogP contribution < -0.4 is 5.32 Å². The molecule has 1 aliphatic rings. The summed E-state index contributed by atoms with van der Waals surface area (Å²) in [6.07, 6.45) is 5.44. The second-order valence-corrected chi connectivity index (χ2v) is 8.12. The van der Waals surface area contributed by atoms with Crippen LogP contribution in [0.4, 0.5) is 0 Å². The monoisotopic (exact) mass is 397 g/mol. The first-order valence-electron chi connectivity index (χ1n) is 9.63. The predicted octanol–water partition coefficient (Wildman–Crippen LogP) is 3.70. The number of thioether (sulfide) groups is 1. The number of amides is 2. The van der Waals surface area contributed by atoms with Crippen molar-refractivity contribution in [3.63, 3.8) is 0 Å². The van der Waals surface area contributed by atoms with Crippen LogP contribution in [0.2, 0.25) is 0 Å². The van der Waals surface area contributed by atoms with Crippen molar-refractivity contribution in [3.8, 4) is 0 Å². The number of pyridine rings is 1. The lowest BCUT2D eigenvalue weighted by Gasteiger charge is -2.32. The Kier molecular flexibility index (Phi) is 6.73. The van der Waals surface area contributed by atoms with Crippen molar-refractivity contribution < 1.29 is 9.59 Å². The Morgan fingerprint density at radius 1 is 1.18 bits per heavy atom. The van der Waals surface area contributed by atoms with Crippen LogP contribution in [-0.2, 0) is 0 Å². The van der Waals surface area contributed by atoms with Gasteiger partial charge >= 0.3 is 0 Å². The number of hydrogen-bond acceptors (Lipinski definition) is 4. The molecular formula is C22H27N3O2S. The van der Waals surface area contributed by atoms with Crippen LogP contribution in [0.1, 0.15) is 44.7 Å². The molecular weight excluding hydrogens is 370 g/mol. The molecule has 1 fully saturated rings. The van der Waals surface area contributed by atoms with E-state index in [4.69, 9.17) is 0 Å². The Morgan fingerprint density at radius 2 is 1.93 bits per heavy atom. The minimum Gasteiger partial charge on any atom is -0.352 e. The van der Waals surface area contributed by atoms with E-state index >= 15 is 0 Å². The Hall–Kier alpha value is -2.34. The Balaban J connectivity index is 1.51. The van der Waals surface area contributed by atoms with Gasteiger partial charge in [0.1, 0.15) is 5.03 Å². The summed E-state index contributed by atoms with van der Waals surface area (Å²) in [7, 11) is 0. The average Bonchev–Trinajstić information content (AvgIpc) is 2.72. The van der Waals surface area contributed by atoms with Gasteiger partial charge in [0.25, 0.3) is 11.8 Å². The molecule has 1 N–H and O–H groups in total. The number of rotatable bonds is 5. The van der Waals surface area contributed by atoms with Crippen molar-refractivity contribution in [2.24, 2.45) is 5.92 Å². The Morgan fingerprint density at radius 3 is 2.61 bits per heavy atom. The van der Waals surface area contributed by atoms with E-state index in [0.717, 1.165) is 34.6 Å². The van der Waals surface area contributed by atoms with E-state index in [2.05, 4.69) is 10.3 Å². The molecule has 0 aliphatic carbocycles. The number of likely N-dealkylation sites (tertiary alicyclic amines) is 1. The van der Waals surface area contributed by atoms with Gasteiger partial charge in [-0.1, -0.05) is 17.7 Å². The topological polar surface area (TPSA) is 62.3 Å². The van der Waals surface area contributed by atoms with Crippen LogP contribution in [-0.4, -0.2) is 47.6 Å². The molecule has 0 bridgehead atoms. The highest BCUT2D eigenvalue weighted by atomic mass is 32.2. The number of benzene rings is 1. The van der Waals surface area contributed by atoms with Gasteiger partial charge in [0.15, 0.2) is 0 Å². The van der Waals surface area contributed by atoms with E-state index in [-0.39, 0.29) is 11.8 Å². The molecule has 0 spiro atoms. The molecule has 0 radical (unpaired) electrons. The molecule has 1 saturated heterocycles. The summed E-state index contributed by atoms with van der Waals surface area (Å²) >= 11 is 1.49. The molecule has 1 aromatic heterocycles. The smallest absolute Gasteiger partial charge is 0.256 e. The molecule has 28 heavy (non-hydrogen) atoms. The molecule has 5 nitrogen and oxygen atoms in total. The van der Waals surface area contributed by atoms with Gasteiger partial charge in [0.05, 0.1) is 5.56 Å². The Labute approximate surface area is 170 Å². The van der Waals surface area contributed by atoms with Gasteiger partial charge in [-0.25, -0.2) is 4.98 Å². The lowest BCUT2D eigenvalue weighted by atomic mass is 9.96. The first-order valence-corrected chi connectivity index (χ1v) is 10.9. The SMILES string of the molecule is CSc1ncccc1C(=O)N1CCC(CNC(=O)c2ccc(C)cc2C)CC1. The number of nitrogens with one attached hydrogen (secondary N) is 1. The van der Waals surface area contributed by atoms with Gasteiger partial charge in [-0.2, -0.15) is 0 Å². The van der Waals surface area contributed by atoms with Crippen LogP contribution in [0.5, 0.6) is 0 Å². The summed E-state index contributed by atoms with van der Waals surface area (Å²) < 4.78 is 0. The third-order valence-electron chi connectivity index (χ3n) is 5.27. The van der Waals surface area contributed by atoms with Crippen LogP contribution >= 0.6 is 11.8 Å². The van der Waals surface area contributed by atoms with E-state index in [9.17, 15) is 9.59 Å². The van der Waals surface area contributed by atoms with Crippen molar-refractivity contribution in [3.05, 3.63) is 58.8 Å². The number of carbonyl (C=O) groups excluding carboxylic acids is 2. The number of piperidine rings is 1. The van der Waals surface area contributed by atoms with Crippen LogP contribution in [0.15, 0.2) is 41.6 Å². The standard InChI is InChI=1S/C22H27N3O2S/c1-15-6-7-18(16(2)13-15)20(26)24-14-17-8-11-25(12-9-17)22(27)19-5-4-10-23-21(19)28-3/h4-7,10,13,17H,8-9,11-12,14H2,1-3H3,(H,24,26). The fourth-order valence-corrected chi connectivity index (χ4v) is 4.17. The minimum atomic E-state index is -0.0176. The van der Waals surface area contributed by atoms with Gasteiger partial charge in [-0.05, 0) is 62.6 Å². The summed E-state index contributed by atoms with van der Waals surface area (Å²) in [6.45, 7) is 6.07. The Bertz CT molecular complexity index is 861. The van der Waals surface area contributed by atoms with Gasteiger partial charge in [0.2, 0.25) is 0 Å². The van der Waals surface area contributed by atoms with E-state index in [1.54, 1.807) is 6.20 Å². The van der Waals surface area contributed by atoms with Gasteiger partial charge < -0.3 is 10.2 Å². The number of aryl methyl sites for hydroxylation is 2. The summed E-state index contributed by atoms with van der Waals surface area (Å²) in [5, 5.41) is 3.84. The molecule has 2 amide bonds. The average molecular weight is 398 g/mol. The molecule has 2 aromatic rings. The molecule has 1 aliphatic heterocycles. The van der Waals surface area contributed by atoms with E-state index in [1.165, 1.54) is 11.8 Å². The summed E-state index contributed by atoms with van der Waals surface area (Å²) in [5.41, 5.74) is 3.57. The molecule has 0 saturated carbocycles. The van der Waals surface area contributed by atoms with Gasteiger partial charge in [-0.3, -0.25) is 9.59 Å². The summed E-state index contributed by atoms with van der Waals surface area (Å²) in [6, 6.07) is 9.53. The van der Waals surface area contributed by atoms with Crippen LogP contribution in [0, 0.1) is 19.8 Å². The van der Waals surface area contributed by atoms with Gasteiger partial charge in [-0.15, -0.1) is 11.8 Å². The van der Waals surface area contributed by atoms with Crippen LogP contribution in [0.3, 0.4) is 0 Å². The van der Waals surface area contributed by atoms with Crippen LogP contribution in [0.25, 0.3) is 0 Å². The third-order valence-corrected chi connectivity index (χ3v) is 5.99. The summed E-state index contributed by atoms with van der Waals surface area (Å²) in [4.78, 5) is 31.5. The maximum Gasteiger partial charge on any atom is 0.256 e. The highest BCUT2D eigenvalue weighted by Gasteiger charge is 2.25. The molecule has 0 atom stereocenters. The predicted molar refractivity (Wildman–Crippen MR) is 113 cm³/mol. The second kappa shape index (κ2) is 9.24. The molecule has 0 unspecified atom stereocenters. The minimum absolute atomic E-state index is 0.0176. The second-order valence-electron chi connectivity index (χ2n) is 7.32. The quantitative estimate of drug-likeness (QED) is 0.782. The van der Waals surface area contributed by atoms with E-state index in [1.807, 2.05) is 55.3 Å². The maximum absolute atomic E-state index is 12.8. The lowest BCUT2D eigenvalue weighted by Crippen LogP contribution is -2.41. The molecule has 2 heterocycles. The zero-order valence-corrected chi connectivity index (χ0v) is 17.5. The number of nitrogens with zero attached hydrogens (tertiary/aromatic N) is 2. The first-order chi connectivity index (χ1) is 13.5. The zero-order chi connectivity index (χ0) is 20.1. The molecule has 1 aromatic carbocycles. The van der Waals surface area contributed by atoms with E-state index < -0.39 is 0 Å². The fourth-order valence-electron chi connectivity index (χ4n) is 3.63.